The highest BCUT2D eigenvalue weighted by Crippen LogP contribution is 2.34. The van der Waals surface area contributed by atoms with E-state index in [0.717, 1.165) is 35.7 Å². The number of benzene rings is 1. The zero-order valence-electron chi connectivity index (χ0n) is 16.6. The number of halogens is 1. The first-order valence-corrected chi connectivity index (χ1v) is 9.31. The molecule has 1 fully saturated rings. The molecule has 3 rings (SSSR count). The third kappa shape index (κ3) is 5.73. The van der Waals surface area contributed by atoms with Crippen LogP contribution in [0, 0.1) is 0 Å². The van der Waals surface area contributed by atoms with Crippen molar-refractivity contribution < 1.29 is 9.47 Å². The third-order valence-corrected chi connectivity index (χ3v) is 4.76. The average Bonchev–Trinajstić information content (AvgIpc) is 3.34. The topological polar surface area (TPSA) is 85.6 Å². The summed E-state index contributed by atoms with van der Waals surface area (Å²) >= 11 is 0. The normalized spacial score (nSPS) is 14.5. The van der Waals surface area contributed by atoms with Crippen LogP contribution in [-0.4, -0.2) is 41.0 Å². The smallest absolute Gasteiger partial charge is 0.191 e. The van der Waals surface area contributed by atoms with E-state index in [0.29, 0.717) is 19.0 Å². The number of hydrogen-bond acceptors (Lipinski definition) is 5. The van der Waals surface area contributed by atoms with Gasteiger partial charge in [0, 0.05) is 26.2 Å². The van der Waals surface area contributed by atoms with Gasteiger partial charge >= 0.3 is 0 Å². The molecule has 0 unspecified atom stereocenters. The van der Waals surface area contributed by atoms with Crippen LogP contribution in [0.25, 0.3) is 0 Å². The number of aromatic nitrogens is 3. The van der Waals surface area contributed by atoms with E-state index in [9.17, 15) is 0 Å². The second kappa shape index (κ2) is 11.1. The van der Waals surface area contributed by atoms with Crippen LogP contribution in [0.3, 0.4) is 0 Å². The Bertz CT molecular complexity index is 774. The summed E-state index contributed by atoms with van der Waals surface area (Å²) in [5.41, 5.74) is 1.04. The maximum Gasteiger partial charge on any atom is 0.191 e. The molecule has 1 aromatic carbocycles. The zero-order chi connectivity index (χ0) is 19.1. The minimum atomic E-state index is 0. The summed E-state index contributed by atoms with van der Waals surface area (Å²) < 4.78 is 13.7. The average molecular weight is 500 g/mol. The molecular formula is C19H29IN6O2. The van der Waals surface area contributed by atoms with Crippen LogP contribution < -0.4 is 20.1 Å². The molecule has 2 aromatic rings. The molecule has 0 radical (unpaired) electrons. The van der Waals surface area contributed by atoms with Gasteiger partial charge in [-0.05, 0) is 31.7 Å². The monoisotopic (exact) mass is 500 g/mol. The van der Waals surface area contributed by atoms with Crippen molar-refractivity contribution in [2.75, 3.05) is 14.2 Å². The third-order valence-electron chi connectivity index (χ3n) is 4.76. The van der Waals surface area contributed by atoms with Crippen LogP contribution >= 0.6 is 24.0 Å². The van der Waals surface area contributed by atoms with Crippen LogP contribution in [0.1, 0.15) is 37.1 Å². The number of hydrogen-bond donors (Lipinski definition) is 2. The first kappa shape index (κ1) is 22.3. The lowest BCUT2D eigenvalue weighted by Crippen LogP contribution is -2.37. The molecule has 1 aliphatic rings. The highest BCUT2D eigenvalue weighted by Gasteiger charge is 2.20. The van der Waals surface area contributed by atoms with Crippen LogP contribution in [0.15, 0.2) is 29.5 Å². The Morgan fingerprint density at radius 1 is 1.25 bits per heavy atom. The fourth-order valence-electron chi connectivity index (χ4n) is 3.20. The van der Waals surface area contributed by atoms with E-state index in [4.69, 9.17) is 9.47 Å². The fourth-order valence-corrected chi connectivity index (χ4v) is 3.20. The van der Waals surface area contributed by atoms with Gasteiger partial charge < -0.3 is 24.7 Å². The summed E-state index contributed by atoms with van der Waals surface area (Å²) in [4.78, 5) is 4.27. The van der Waals surface area contributed by atoms with Crippen molar-refractivity contribution >= 4 is 29.9 Å². The number of ether oxygens (including phenoxy) is 2. The number of aryl methyl sites for hydroxylation is 1. The van der Waals surface area contributed by atoms with E-state index < -0.39 is 0 Å². The Kier molecular flexibility index (Phi) is 8.81. The molecule has 0 atom stereocenters. The molecule has 0 amide bonds. The minimum Gasteiger partial charge on any atom is -0.493 e. The first-order valence-electron chi connectivity index (χ1n) is 9.31. The molecule has 0 spiro atoms. The van der Waals surface area contributed by atoms with Crippen molar-refractivity contribution in [3.05, 3.63) is 35.9 Å². The van der Waals surface area contributed by atoms with E-state index in [1.54, 1.807) is 20.5 Å². The van der Waals surface area contributed by atoms with Gasteiger partial charge in [-0.25, -0.2) is 0 Å². The molecule has 1 heterocycles. The molecule has 1 aromatic heterocycles. The van der Waals surface area contributed by atoms with Crippen molar-refractivity contribution in [3.63, 3.8) is 0 Å². The van der Waals surface area contributed by atoms with E-state index in [2.05, 4.69) is 31.9 Å². The molecule has 154 valence electrons. The van der Waals surface area contributed by atoms with Gasteiger partial charge in [0.2, 0.25) is 0 Å². The predicted molar refractivity (Wildman–Crippen MR) is 119 cm³/mol. The molecule has 0 saturated heterocycles. The number of methoxy groups -OCH3 is 1. The summed E-state index contributed by atoms with van der Waals surface area (Å²) in [6.45, 7) is 1.12. The standard InChI is InChI=1S/C19H28N6O2.HI/c1-20-19(22-12-17-24-23-13-25(17)2)21-11-14-7-6-10-16(26-3)18(14)27-15-8-4-5-9-15;/h6-7,10,13,15H,4-5,8-9,11-12H2,1-3H3,(H2,20,21,22);1H. The molecule has 2 N–H and O–H groups in total. The Morgan fingerprint density at radius 3 is 2.64 bits per heavy atom. The van der Waals surface area contributed by atoms with Crippen molar-refractivity contribution in [1.29, 1.82) is 0 Å². The van der Waals surface area contributed by atoms with Crippen LogP contribution in [0.4, 0.5) is 0 Å². The second-order valence-electron chi connectivity index (χ2n) is 6.61. The Morgan fingerprint density at radius 2 is 2.00 bits per heavy atom. The van der Waals surface area contributed by atoms with E-state index in [1.165, 1.54) is 12.8 Å². The first-order chi connectivity index (χ1) is 13.2. The number of nitrogens with zero attached hydrogens (tertiary/aromatic N) is 4. The van der Waals surface area contributed by atoms with Crippen molar-refractivity contribution in [1.82, 2.24) is 25.4 Å². The number of guanidine groups is 1. The number of nitrogens with one attached hydrogen (secondary N) is 2. The number of para-hydroxylation sites is 1. The molecule has 0 aliphatic heterocycles. The molecule has 0 bridgehead atoms. The lowest BCUT2D eigenvalue weighted by atomic mass is 10.1. The predicted octanol–water partition coefficient (Wildman–Crippen LogP) is 2.63. The minimum absolute atomic E-state index is 0. The van der Waals surface area contributed by atoms with Gasteiger partial charge in [-0.2, -0.15) is 0 Å². The molecule has 1 saturated carbocycles. The van der Waals surface area contributed by atoms with Gasteiger partial charge in [-0.15, -0.1) is 34.2 Å². The molecular weight excluding hydrogens is 471 g/mol. The number of aliphatic imine (C=N–C) groups is 1. The lowest BCUT2D eigenvalue weighted by molar-refractivity contribution is 0.198. The van der Waals surface area contributed by atoms with Gasteiger partial charge in [-0.1, -0.05) is 12.1 Å². The number of rotatable bonds is 7. The van der Waals surface area contributed by atoms with E-state index >= 15 is 0 Å². The lowest BCUT2D eigenvalue weighted by Gasteiger charge is -2.20. The van der Waals surface area contributed by atoms with Gasteiger partial charge in [0.15, 0.2) is 23.3 Å². The summed E-state index contributed by atoms with van der Waals surface area (Å²) in [5.74, 6) is 3.11. The Hall–Kier alpha value is -2.04. The van der Waals surface area contributed by atoms with Crippen LogP contribution in [-0.2, 0) is 20.1 Å². The molecule has 1 aliphatic carbocycles. The summed E-state index contributed by atoms with van der Waals surface area (Å²) in [5, 5.41) is 14.5. The van der Waals surface area contributed by atoms with Gasteiger partial charge in [0.1, 0.15) is 6.33 Å². The Balaban J connectivity index is 0.00000280. The Labute approximate surface area is 183 Å². The van der Waals surface area contributed by atoms with Crippen molar-refractivity contribution in [3.8, 4) is 11.5 Å². The van der Waals surface area contributed by atoms with Crippen LogP contribution in [0.2, 0.25) is 0 Å². The van der Waals surface area contributed by atoms with Gasteiger partial charge in [-0.3, -0.25) is 4.99 Å². The highest BCUT2D eigenvalue weighted by molar-refractivity contribution is 14.0. The fraction of sp³-hybridized carbons (Fsp3) is 0.526. The summed E-state index contributed by atoms with van der Waals surface area (Å²) in [6, 6.07) is 5.97. The molecule has 8 nitrogen and oxygen atoms in total. The second-order valence-corrected chi connectivity index (χ2v) is 6.61. The van der Waals surface area contributed by atoms with Crippen LogP contribution in [0.5, 0.6) is 11.5 Å². The SMILES string of the molecule is CN=C(NCc1cccc(OC)c1OC1CCCC1)NCc1nncn1C.I. The largest absolute Gasteiger partial charge is 0.493 e. The van der Waals surface area contributed by atoms with E-state index in [1.807, 2.05) is 23.7 Å². The van der Waals surface area contributed by atoms with Crippen molar-refractivity contribution in [2.24, 2.45) is 12.0 Å². The quantitative estimate of drug-likeness (QED) is 0.346. The zero-order valence-corrected chi connectivity index (χ0v) is 19.0. The maximum atomic E-state index is 6.28. The summed E-state index contributed by atoms with van der Waals surface area (Å²) in [7, 11) is 5.33. The molecule has 28 heavy (non-hydrogen) atoms. The molecule has 9 heteroatoms. The summed E-state index contributed by atoms with van der Waals surface area (Å²) in [6.07, 6.45) is 6.61. The van der Waals surface area contributed by atoms with E-state index in [-0.39, 0.29) is 30.1 Å². The highest BCUT2D eigenvalue weighted by atomic mass is 127. The van der Waals surface area contributed by atoms with Gasteiger partial charge in [0.25, 0.3) is 0 Å². The van der Waals surface area contributed by atoms with Gasteiger partial charge in [0.05, 0.1) is 19.8 Å². The maximum absolute atomic E-state index is 6.28. The van der Waals surface area contributed by atoms with Crippen molar-refractivity contribution in [2.45, 2.75) is 44.9 Å².